The average Bonchev–Trinajstić information content (AvgIpc) is 2.88. The molecule has 0 spiro atoms. The zero-order valence-electron chi connectivity index (χ0n) is 14.0. The Hall–Kier alpha value is -2.67. The lowest BCUT2D eigenvalue weighted by Gasteiger charge is -2.16. The summed E-state index contributed by atoms with van der Waals surface area (Å²) in [5.74, 6) is -0.0289. The number of hydrogen-bond acceptors (Lipinski definition) is 1. The van der Waals surface area contributed by atoms with Gasteiger partial charge in [-0.05, 0) is 47.2 Å². The summed E-state index contributed by atoms with van der Waals surface area (Å²) in [6.45, 7) is 4.18. The topological polar surface area (TPSA) is 17.1 Å². The van der Waals surface area contributed by atoms with Gasteiger partial charge in [0.2, 0.25) is 0 Å². The molecule has 0 saturated heterocycles. The summed E-state index contributed by atoms with van der Waals surface area (Å²) in [7, 11) is 0. The normalized spacial score (nSPS) is 19.3. The van der Waals surface area contributed by atoms with Crippen LogP contribution in [0.1, 0.15) is 45.2 Å². The van der Waals surface area contributed by atoms with Gasteiger partial charge in [-0.25, -0.2) is 0 Å². The molecule has 1 heteroatoms. The van der Waals surface area contributed by atoms with Crippen molar-refractivity contribution < 1.29 is 4.79 Å². The number of hydrogen-bond donors (Lipinski definition) is 0. The second-order valence-electron chi connectivity index (χ2n) is 6.61. The van der Waals surface area contributed by atoms with Crippen LogP contribution in [0.2, 0.25) is 0 Å². The van der Waals surface area contributed by atoms with E-state index in [1.54, 1.807) is 0 Å². The molecule has 2 atom stereocenters. The predicted molar refractivity (Wildman–Crippen MR) is 97.5 cm³/mol. The molecule has 1 aliphatic rings. The van der Waals surface area contributed by atoms with Crippen LogP contribution in [0.3, 0.4) is 0 Å². The maximum Gasteiger partial charge on any atom is 0.156 e. The van der Waals surface area contributed by atoms with E-state index in [0.29, 0.717) is 5.78 Å². The summed E-state index contributed by atoms with van der Waals surface area (Å²) >= 11 is 0. The highest BCUT2D eigenvalue weighted by molar-refractivity contribution is 6.02. The molecule has 3 aromatic rings. The quantitative estimate of drug-likeness (QED) is 0.639. The molecule has 4 rings (SSSR count). The van der Waals surface area contributed by atoms with Gasteiger partial charge < -0.3 is 0 Å². The lowest BCUT2D eigenvalue weighted by Crippen LogP contribution is -2.15. The first-order chi connectivity index (χ1) is 11.7. The number of aryl methyl sites for hydroxylation is 2. The number of rotatable bonds is 2. The van der Waals surface area contributed by atoms with Gasteiger partial charge in [-0.1, -0.05) is 72.8 Å². The molecule has 2 unspecified atom stereocenters. The zero-order chi connectivity index (χ0) is 16.7. The van der Waals surface area contributed by atoms with Crippen molar-refractivity contribution in [3.8, 4) is 0 Å². The molecule has 24 heavy (non-hydrogen) atoms. The Balaban J connectivity index is 1.93. The Morgan fingerprint density at radius 3 is 1.25 bits per heavy atom. The van der Waals surface area contributed by atoms with Crippen LogP contribution in [-0.2, 0) is 4.79 Å². The maximum atomic E-state index is 13.5. The summed E-state index contributed by atoms with van der Waals surface area (Å²) in [6.07, 6.45) is 0. The standard InChI is InChI=1S/C23H20O/c1-15-9-3-5-11-17(15)21-19-13-7-8-14-20(19)22(23(21)24)18-12-6-4-10-16(18)2/h3-14,21-22H,1-2H3. The molecular weight excluding hydrogens is 292 g/mol. The average molecular weight is 312 g/mol. The monoisotopic (exact) mass is 312 g/mol. The predicted octanol–water partition coefficient (Wildman–Crippen LogP) is 5.15. The Labute approximate surface area is 143 Å². The SMILES string of the molecule is Cc1ccccc1C1C(=O)C(c2ccccc2C)c2ccccc21. The zero-order valence-corrected chi connectivity index (χ0v) is 14.0. The van der Waals surface area contributed by atoms with Crippen LogP contribution in [0.4, 0.5) is 0 Å². The third kappa shape index (κ3) is 2.20. The van der Waals surface area contributed by atoms with E-state index in [0.717, 1.165) is 22.3 Å². The summed E-state index contributed by atoms with van der Waals surface area (Å²) in [5.41, 5.74) is 6.93. The van der Waals surface area contributed by atoms with E-state index in [4.69, 9.17) is 0 Å². The lowest BCUT2D eigenvalue weighted by molar-refractivity contribution is -0.119. The first-order valence-electron chi connectivity index (χ1n) is 8.42. The van der Waals surface area contributed by atoms with Gasteiger partial charge in [0.05, 0.1) is 11.8 Å². The van der Waals surface area contributed by atoms with Crippen molar-refractivity contribution in [3.63, 3.8) is 0 Å². The highest BCUT2D eigenvalue weighted by Gasteiger charge is 2.41. The van der Waals surface area contributed by atoms with Gasteiger partial charge in [0.15, 0.2) is 5.78 Å². The van der Waals surface area contributed by atoms with Crippen molar-refractivity contribution in [3.05, 3.63) is 106 Å². The van der Waals surface area contributed by atoms with E-state index in [9.17, 15) is 4.79 Å². The van der Waals surface area contributed by atoms with Gasteiger partial charge in [-0.2, -0.15) is 0 Å². The molecule has 0 saturated carbocycles. The van der Waals surface area contributed by atoms with Crippen molar-refractivity contribution in [2.45, 2.75) is 25.7 Å². The third-order valence-corrected chi connectivity index (χ3v) is 5.19. The first kappa shape index (κ1) is 14.9. The third-order valence-electron chi connectivity index (χ3n) is 5.19. The van der Waals surface area contributed by atoms with Crippen molar-refractivity contribution in [2.24, 2.45) is 0 Å². The minimum atomic E-state index is -0.160. The van der Waals surface area contributed by atoms with Gasteiger partial charge in [0.1, 0.15) is 0 Å². The molecule has 118 valence electrons. The van der Waals surface area contributed by atoms with E-state index in [2.05, 4.69) is 50.2 Å². The van der Waals surface area contributed by atoms with E-state index in [1.165, 1.54) is 11.1 Å². The van der Waals surface area contributed by atoms with Crippen LogP contribution in [0.25, 0.3) is 0 Å². The Bertz CT molecular complexity index is 848. The largest absolute Gasteiger partial charge is 0.298 e. The van der Waals surface area contributed by atoms with Gasteiger partial charge in [-0.3, -0.25) is 4.79 Å². The minimum Gasteiger partial charge on any atom is -0.298 e. The number of Topliss-reactive ketones (excluding diaryl/α,β-unsaturated/α-hetero) is 1. The summed E-state index contributed by atoms with van der Waals surface area (Å²) in [5, 5.41) is 0. The van der Waals surface area contributed by atoms with Gasteiger partial charge >= 0.3 is 0 Å². The summed E-state index contributed by atoms with van der Waals surface area (Å²) in [4.78, 5) is 13.5. The smallest absolute Gasteiger partial charge is 0.156 e. The molecular formula is C23H20O. The van der Waals surface area contributed by atoms with Crippen LogP contribution in [0.15, 0.2) is 72.8 Å². The molecule has 0 aliphatic heterocycles. The van der Waals surface area contributed by atoms with Crippen molar-refractivity contribution >= 4 is 5.78 Å². The molecule has 0 fully saturated rings. The van der Waals surface area contributed by atoms with Gasteiger partial charge in [0, 0.05) is 0 Å². The number of carbonyl (C=O) groups is 1. The summed E-state index contributed by atoms with van der Waals surface area (Å²) in [6, 6.07) is 24.8. The molecule has 0 N–H and O–H groups in total. The fourth-order valence-corrected chi connectivity index (χ4v) is 3.97. The fraction of sp³-hybridized carbons (Fsp3) is 0.174. The van der Waals surface area contributed by atoms with Crippen molar-refractivity contribution in [1.82, 2.24) is 0 Å². The molecule has 3 aromatic carbocycles. The molecule has 0 bridgehead atoms. The molecule has 0 amide bonds. The van der Waals surface area contributed by atoms with Crippen molar-refractivity contribution in [1.29, 1.82) is 0 Å². The number of carbonyl (C=O) groups excluding carboxylic acids is 1. The molecule has 0 heterocycles. The van der Waals surface area contributed by atoms with Gasteiger partial charge in [-0.15, -0.1) is 0 Å². The maximum absolute atomic E-state index is 13.5. The van der Waals surface area contributed by atoms with Crippen LogP contribution >= 0.6 is 0 Å². The number of fused-ring (bicyclic) bond motifs is 1. The first-order valence-corrected chi connectivity index (χ1v) is 8.42. The number of benzene rings is 3. The highest BCUT2D eigenvalue weighted by atomic mass is 16.1. The van der Waals surface area contributed by atoms with E-state index >= 15 is 0 Å². The second kappa shape index (κ2) is 5.76. The molecule has 1 nitrogen and oxygen atoms in total. The van der Waals surface area contributed by atoms with Crippen LogP contribution < -0.4 is 0 Å². The van der Waals surface area contributed by atoms with Crippen LogP contribution in [0, 0.1) is 13.8 Å². The Morgan fingerprint density at radius 2 is 0.875 bits per heavy atom. The van der Waals surface area contributed by atoms with E-state index < -0.39 is 0 Å². The Kier molecular flexibility index (Phi) is 3.57. The fourth-order valence-electron chi connectivity index (χ4n) is 3.97. The minimum absolute atomic E-state index is 0.160. The van der Waals surface area contributed by atoms with Crippen molar-refractivity contribution in [2.75, 3.05) is 0 Å². The van der Waals surface area contributed by atoms with E-state index in [-0.39, 0.29) is 11.8 Å². The molecule has 0 aromatic heterocycles. The summed E-state index contributed by atoms with van der Waals surface area (Å²) < 4.78 is 0. The highest BCUT2D eigenvalue weighted by Crippen LogP contribution is 2.46. The number of ketones is 1. The molecule has 0 radical (unpaired) electrons. The van der Waals surface area contributed by atoms with Crippen LogP contribution in [0.5, 0.6) is 0 Å². The second-order valence-corrected chi connectivity index (χ2v) is 6.61. The lowest BCUT2D eigenvalue weighted by atomic mass is 9.86. The van der Waals surface area contributed by atoms with E-state index in [1.807, 2.05) is 36.4 Å². The molecule has 1 aliphatic carbocycles. The Morgan fingerprint density at radius 1 is 0.542 bits per heavy atom. The van der Waals surface area contributed by atoms with Crippen LogP contribution in [-0.4, -0.2) is 5.78 Å². The van der Waals surface area contributed by atoms with Gasteiger partial charge in [0.25, 0.3) is 0 Å².